The van der Waals surface area contributed by atoms with E-state index in [1.54, 1.807) is 0 Å². The fourth-order valence-corrected chi connectivity index (χ4v) is 5.13. The van der Waals surface area contributed by atoms with Gasteiger partial charge < -0.3 is 15.0 Å². The Hall–Kier alpha value is -3.72. The highest BCUT2D eigenvalue weighted by molar-refractivity contribution is 5.93. The van der Waals surface area contributed by atoms with Gasteiger partial charge in [0.05, 0.1) is 0 Å². The minimum Gasteiger partial charge on any atom is -0.361 e. The number of fused-ring (bicyclic) bond motifs is 3. The summed E-state index contributed by atoms with van der Waals surface area (Å²) in [6, 6.07) is 25.9. The summed E-state index contributed by atoms with van der Waals surface area (Å²) in [7, 11) is 0. The number of nitrogens with one attached hydrogen (secondary N) is 3. The highest BCUT2D eigenvalue weighted by Crippen LogP contribution is 2.44. The van der Waals surface area contributed by atoms with Gasteiger partial charge in [-0.25, -0.2) is 0 Å². The Kier molecular flexibility index (Phi) is 3.66. The van der Waals surface area contributed by atoms with Gasteiger partial charge in [-0.15, -0.1) is 0 Å². The quantitative estimate of drug-likeness (QED) is 0.294. The van der Waals surface area contributed by atoms with Crippen LogP contribution in [-0.2, 0) is 0 Å². The van der Waals surface area contributed by atoms with E-state index in [9.17, 15) is 0 Å². The van der Waals surface area contributed by atoms with E-state index in [1.165, 1.54) is 60.8 Å². The van der Waals surface area contributed by atoms with Crippen molar-refractivity contribution >= 4 is 32.7 Å². The zero-order chi connectivity index (χ0) is 20.2. The maximum absolute atomic E-state index is 3.63. The summed E-state index contributed by atoms with van der Waals surface area (Å²) in [5.74, 6) is 0.119. The minimum atomic E-state index is 0.119. The molecule has 3 aromatic carbocycles. The Morgan fingerprint density at radius 1 is 0.567 bits per heavy atom. The van der Waals surface area contributed by atoms with Crippen LogP contribution in [0.2, 0.25) is 0 Å². The summed E-state index contributed by atoms with van der Waals surface area (Å²) in [6.45, 7) is 4.39. The van der Waals surface area contributed by atoms with Gasteiger partial charge in [-0.3, -0.25) is 0 Å². The number of benzene rings is 3. The van der Waals surface area contributed by atoms with E-state index in [0.29, 0.717) is 0 Å². The van der Waals surface area contributed by atoms with Gasteiger partial charge in [0.1, 0.15) is 0 Å². The molecule has 3 N–H and O–H groups in total. The van der Waals surface area contributed by atoms with Gasteiger partial charge in [0.15, 0.2) is 0 Å². The zero-order valence-corrected chi connectivity index (χ0v) is 17.1. The van der Waals surface area contributed by atoms with Crippen LogP contribution in [0.1, 0.15) is 34.0 Å². The fraction of sp³-hybridized carbons (Fsp3) is 0.111. The van der Waals surface area contributed by atoms with E-state index in [4.69, 9.17) is 0 Å². The van der Waals surface area contributed by atoms with Crippen molar-refractivity contribution < 1.29 is 0 Å². The summed E-state index contributed by atoms with van der Waals surface area (Å²) in [4.78, 5) is 10.8. The predicted octanol–water partition coefficient (Wildman–Crippen LogP) is 6.93. The molecular formula is C27H23N3. The molecule has 0 aliphatic rings. The second-order valence-corrected chi connectivity index (χ2v) is 8.14. The first-order valence-corrected chi connectivity index (χ1v) is 10.4. The monoisotopic (exact) mass is 389 g/mol. The van der Waals surface area contributed by atoms with Crippen molar-refractivity contribution in [2.45, 2.75) is 19.8 Å². The topological polar surface area (TPSA) is 47.4 Å². The molecule has 0 fully saturated rings. The van der Waals surface area contributed by atoms with Gasteiger partial charge in [0, 0.05) is 56.2 Å². The first-order valence-electron chi connectivity index (χ1n) is 10.4. The smallest absolute Gasteiger partial charge is 0.0459 e. The highest BCUT2D eigenvalue weighted by atomic mass is 14.7. The highest BCUT2D eigenvalue weighted by Gasteiger charge is 2.28. The predicted molar refractivity (Wildman–Crippen MR) is 125 cm³/mol. The number of hydrogen-bond donors (Lipinski definition) is 3. The van der Waals surface area contributed by atoms with Gasteiger partial charge in [-0.1, -0.05) is 54.6 Å². The van der Waals surface area contributed by atoms with Gasteiger partial charge in [0.25, 0.3) is 0 Å². The molecule has 0 saturated heterocycles. The molecule has 0 bridgehead atoms. The van der Waals surface area contributed by atoms with Crippen LogP contribution in [0.5, 0.6) is 0 Å². The van der Waals surface area contributed by atoms with Crippen LogP contribution in [0.4, 0.5) is 0 Å². The molecule has 0 saturated carbocycles. The molecular weight excluding hydrogens is 366 g/mol. The number of rotatable bonds is 3. The first-order chi connectivity index (χ1) is 14.7. The molecule has 0 unspecified atom stereocenters. The van der Waals surface area contributed by atoms with Crippen LogP contribution >= 0.6 is 0 Å². The Morgan fingerprint density at radius 3 is 1.60 bits per heavy atom. The van der Waals surface area contributed by atoms with E-state index in [2.05, 4.69) is 108 Å². The molecule has 3 aromatic heterocycles. The van der Waals surface area contributed by atoms with E-state index in [0.717, 1.165) is 0 Å². The van der Waals surface area contributed by atoms with Crippen molar-refractivity contribution in [2.75, 3.05) is 0 Å². The van der Waals surface area contributed by atoms with Crippen LogP contribution in [0.25, 0.3) is 32.7 Å². The van der Waals surface area contributed by atoms with Crippen molar-refractivity contribution in [2.24, 2.45) is 0 Å². The molecule has 6 rings (SSSR count). The third-order valence-electron chi connectivity index (χ3n) is 6.40. The van der Waals surface area contributed by atoms with E-state index in [-0.39, 0.29) is 5.92 Å². The van der Waals surface area contributed by atoms with Crippen molar-refractivity contribution in [1.82, 2.24) is 15.0 Å². The molecule has 30 heavy (non-hydrogen) atoms. The number of para-hydroxylation sites is 3. The molecule has 3 nitrogen and oxygen atoms in total. The van der Waals surface area contributed by atoms with Crippen molar-refractivity contribution in [3.8, 4) is 0 Å². The molecule has 146 valence electrons. The summed E-state index contributed by atoms with van der Waals surface area (Å²) < 4.78 is 0. The zero-order valence-electron chi connectivity index (χ0n) is 17.1. The molecule has 0 aliphatic carbocycles. The fourth-order valence-electron chi connectivity index (χ4n) is 5.13. The van der Waals surface area contributed by atoms with Gasteiger partial charge in [0.2, 0.25) is 0 Å². The maximum Gasteiger partial charge on any atom is 0.0459 e. The van der Waals surface area contributed by atoms with Crippen LogP contribution in [0.3, 0.4) is 0 Å². The number of hydrogen-bond acceptors (Lipinski definition) is 0. The molecule has 3 heterocycles. The third-order valence-corrected chi connectivity index (χ3v) is 6.40. The second kappa shape index (κ2) is 6.39. The van der Waals surface area contributed by atoms with E-state index < -0.39 is 0 Å². The number of aromatic nitrogens is 3. The van der Waals surface area contributed by atoms with Crippen LogP contribution in [0, 0.1) is 13.8 Å². The molecule has 0 aliphatic heterocycles. The van der Waals surface area contributed by atoms with Crippen molar-refractivity contribution in [3.05, 3.63) is 107 Å². The van der Waals surface area contributed by atoms with Crippen LogP contribution in [-0.4, -0.2) is 15.0 Å². The van der Waals surface area contributed by atoms with Crippen molar-refractivity contribution in [1.29, 1.82) is 0 Å². The lowest BCUT2D eigenvalue weighted by Gasteiger charge is -2.19. The molecule has 0 radical (unpaired) electrons. The Morgan fingerprint density at radius 2 is 1.03 bits per heavy atom. The third kappa shape index (κ3) is 2.38. The van der Waals surface area contributed by atoms with Crippen LogP contribution < -0.4 is 0 Å². The average molecular weight is 390 g/mol. The standard InChI is InChI=1S/C27H23N3/c1-16-25(19-10-4-7-13-23(19)29-16)27(21-15-28-22-12-6-3-9-18(21)22)26-17(2)30-24-14-8-5-11-20(24)26/h3-15,27-30H,1-2H3. The molecule has 3 heteroatoms. The Labute approximate surface area is 174 Å². The number of H-pyrrole nitrogens is 3. The second-order valence-electron chi connectivity index (χ2n) is 8.14. The Balaban J connectivity index is 1.75. The summed E-state index contributed by atoms with van der Waals surface area (Å²) in [5.41, 5.74) is 10.00. The number of aromatic amines is 3. The number of aryl methyl sites for hydroxylation is 2. The lowest BCUT2D eigenvalue weighted by molar-refractivity contribution is 0.971. The molecule has 0 atom stereocenters. The van der Waals surface area contributed by atoms with Crippen LogP contribution in [0.15, 0.2) is 79.0 Å². The lowest BCUT2D eigenvalue weighted by atomic mass is 9.82. The SMILES string of the molecule is Cc1[nH]c2ccccc2c1C(c1c[nH]c2ccccc12)c1c(C)[nH]c2ccccc12. The minimum absolute atomic E-state index is 0.119. The lowest BCUT2D eigenvalue weighted by Crippen LogP contribution is -2.05. The maximum atomic E-state index is 3.63. The normalized spacial score (nSPS) is 12.0. The van der Waals surface area contributed by atoms with Crippen molar-refractivity contribution in [3.63, 3.8) is 0 Å². The average Bonchev–Trinajstić information content (AvgIpc) is 3.43. The molecule has 0 amide bonds. The molecule has 6 aromatic rings. The van der Waals surface area contributed by atoms with Gasteiger partial charge in [-0.2, -0.15) is 0 Å². The van der Waals surface area contributed by atoms with Gasteiger partial charge in [-0.05, 0) is 48.7 Å². The summed E-state index contributed by atoms with van der Waals surface area (Å²) in [6.07, 6.45) is 2.19. The largest absolute Gasteiger partial charge is 0.361 e. The summed E-state index contributed by atoms with van der Waals surface area (Å²) in [5, 5.41) is 3.85. The van der Waals surface area contributed by atoms with E-state index in [1.807, 2.05) is 0 Å². The van der Waals surface area contributed by atoms with Gasteiger partial charge >= 0.3 is 0 Å². The first kappa shape index (κ1) is 17.2. The Bertz CT molecular complexity index is 1450. The molecule has 0 spiro atoms. The summed E-state index contributed by atoms with van der Waals surface area (Å²) >= 11 is 0. The van der Waals surface area contributed by atoms with E-state index >= 15 is 0 Å².